The number of carbonyl (C=O) groups is 4. The van der Waals surface area contributed by atoms with Gasteiger partial charge < -0.3 is 31.1 Å². The number of aromatic hydroxyl groups is 1. The van der Waals surface area contributed by atoms with E-state index in [2.05, 4.69) is 10.6 Å². The summed E-state index contributed by atoms with van der Waals surface area (Å²) in [4.78, 5) is 51.9. The second-order valence-corrected chi connectivity index (χ2v) is 9.41. The molecule has 0 radical (unpaired) electrons. The fourth-order valence-electron chi connectivity index (χ4n) is 3.38. The summed E-state index contributed by atoms with van der Waals surface area (Å²) in [5.74, 6) is -1.85. The average Bonchev–Trinajstić information content (AvgIpc) is 2.69. The van der Waals surface area contributed by atoms with Crippen molar-refractivity contribution in [3.63, 3.8) is 0 Å². The number of rotatable bonds is 10. The summed E-state index contributed by atoms with van der Waals surface area (Å²) in [6, 6.07) is 2.37. The molecule has 190 valence electrons. The smallest absolute Gasteiger partial charge is 0.408 e. The SMILES string of the molecule is CCN(C(=O)C(CCC(N)=O)NC(=O)OC(C)(C)C)C(C(=O)NC(C)C)c1cccc(C)c1O. The van der Waals surface area contributed by atoms with Gasteiger partial charge in [0.1, 0.15) is 23.4 Å². The first-order valence-electron chi connectivity index (χ1n) is 11.3. The zero-order chi connectivity index (χ0) is 26.2. The number of alkyl carbamates (subject to hydrolysis) is 1. The van der Waals surface area contributed by atoms with Gasteiger partial charge in [-0.3, -0.25) is 14.4 Å². The molecule has 0 aliphatic rings. The molecule has 0 aliphatic heterocycles. The second kappa shape index (κ2) is 12.2. The van der Waals surface area contributed by atoms with Gasteiger partial charge in [0.15, 0.2) is 0 Å². The van der Waals surface area contributed by atoms with Crippen molar-refractivity contribution in [3.05, 3.63) is 29.3 Å². The standard InChI is InChI=1S/C24H38N4O6/c1-8-28(19(21(31)26-14(2)3)16-11-9-10-15(4)20(16)30)22(32)17(12-13-18(25)29)27-23(33)34-24(5,6)7/h9-11,14,17,19,30H,8,12-13H2,1-7H3,(H2,25,29)(H,26,31)(H,27,33). The molecular formula is C24H38N4O6. The van der Waals surface area contributed by atoms with Crippen LogP contribution in [0.15, 0.2) is 18.2 Å². The van der Waals surface area contributed by atoms with E-state index in [1.165, 1.54) is 4.90 Å². The van der Waals surface area contributed by atoms with Crippen LogP contribution in [0.25, 0.3) is 0 Å². The van der Waals surface area contributed by atoms with Crippen molar-refractivity contribution in [1.29, 1.82) is 0 Å². The van der Waals surface area contributed by atoms with Gasteiger partial charge in [-0.1, -0.05) is 18.2 Å². The predicted molar refractivity (Wildman–Crippen MR) is 128 cm³/mol. The highest BCUT2D eigenvalue weighted by Gasteiger charge is 2.37. The number of benzene rings is 1. The minimum atomic E-state index is -1.18. The number of aryl methyl sites for hydroxylation is 1. The summed E-state index contributed by atoms with van der Waals surface area (Å²) in [6.07, 6.45) is -1.09. The number of likely N-dealkylation sites (N-methyl/N-ethyl adjacent to an activating group) is 1. The predicted octanol–water partition coefficient (Wildman–Crippen LogP) is 2.27. The van der Waals surface area contributed by atoms with Gasteiger partial charge in [0.25, 0.3) is 0 Å². The van der Waals surface area contributed by atoms with Gasteiger partial charge in [-0.25, -0.2) is 4.79 Å². The number of carbonyl (C=O) groups excluding carboxylic acids is 4. The molecule has 0 heterocycles. The molecule has 10 nitrogen and oxygen atoms in total. The van der Waals surface area contributed by atoms with Crippen LogP contribution in [0.1, 0.15) is 71.6 Å². The van der Waals surface area contributed by atoms with Gasteiger partial charge in [-0.05, 0) is 60.5 Å². The third-order valence-corrected chi connectivity index (χ3v) is 4.85. The van der Waals surface area contributed by atoms with E-state index < -0.39 is 41.5 Å². The van der Waals surface area contributed by atoms with Crippen LogP contribution in [-0.2, 0) is 19.1 Å². The summed E-state index contributed by atoms with van der Waals surface area (Å²) in [5.41, 5.74) is 5.25. The molecule has 0 fully saturated rings. The Morgan fingerprint density at radius 3 is 2.26 bits per heavy atom. The Morgan fingerprint density at radius 2 is 1.76 bits per heavy atom. The van der Waals surface area contributed by atoms with Gasteiger partial charge in [0.2, 0.25) is 17.7 Å². The fraction of sp³-hybridized carbons (Fsp3) is 0.583. The number of hydrogen-bond donors (Lipinski definition) is 4. The van der Waals surface area contributed by atoms with Crippen LogP contribution in [0.2, 0.25) is 0 Å². The molecule has 0 aliphatic carbocycles. The molecule has 0 bridgehead atoms. The number of nitrogens with one attached hydrogen (secondary N) is 2. The lowest BCUT2D eigenvalue weighted by molar-refractivity contribution is -0.142. The van der Waals surface area contributed by atoms with Gasteiger partial charge in [0, 0.05) is 24.6 Å². The summed E-state index contributed by atoms with van der Waals surface area (Å²) in [6.45, 7) is 12.1. The zero-order valence-corrected chi connectivity index (χ0v) is 21.1. The van der Waals surface area contributed by atoms with E-state index >= 15 is 0 Å². The van der Waals surface area contributed by atoms with Crippen LogP contribution in [0.4, 0.5) is 4.79 Å². The number of amides is 4. The Balaban J connectivity index is 3.43. The highest BCUT2D eigenvalue weighted by Crippen LogP contribution is 2.32. The lowest BCUT2D eigenvalue weighted by Crippen LogP contribution is -2.53. The number of nitrogens with two attached hydrogens (primary N) is 1. The van der Waals surface area contributed by atoms with Gasteiger partial charge in [-0.15, -0.1) is 0 Å². The molecule has 0 saturated carbocycles. The van der Waals surface area contributed by atoms with Crippen molar-refractivity contribution in [2.75, 3.05) is 6.54 Å². The number of hydrogen-bond acceptors (Lipinski definition) is 6. The topological polar surface area (TPSA) is 151 Å². The summed E-state index contributed by atoms with van der Waals surface area (Å²) < 4.78 is 5.26. The monoisotopic (exact) mass is 478 g/mol. The third-order valence-electron chi connectivity index (χ3n) is 4.85. The lowest BCUT2D eigenvalue weighted by Gasteiger charge is -2.34. The van der Waals surface area contributed by atoms with E-state index in [4.69, 9.17) is 10.5 Å². The molecule has 5 N–H and O–H groups in total. The Hall–Kier alpha value is -3.30. The molecule has 0 aromatic heterocycles. The first kappa shape index (κ1) is 28.7. The third kappa shape index (κ3) is 8.57. The number of ether oxygens (including phenoxy) is 1. The van der Waals surface area contributed by atoms with Crippen molar-refractivity contribution in [3.8, 4) is 5.75 Å². The zero-order valence-electron chi connectivity index (χ0n) is 21.1. The van der Waals surface area contributed by atoms with Crippen molar-refractivity contribution in [2.45, 2.75) is 85.0 Å². The van der Waals surface area contributed by atoms with Crippen LogP contribution < -0.4 is 16.4 Å². The van der Waals surface area contributed by atoms with E-state index in [1.54, 1.807) is 66.7 Å². The van der Waals surface area contributed by atoms with E-state index in [0.29, 0.717) is 5.56 Å². The Bertz CT molecular complexity index is 894. The van der Waals surface area contributed by atoms with Crippen LogP contribution in [-0.4, -0.2) is 58.1 Å². The maximum absolute atomic E-state index is 13.6. The largest absolute Gasteiger partial charge is 0.507 e. The minimum absolute atomic E-state index is 0.0811. The highest BCUT2D eigenvalue weighted by atomic mass is 16.6. The molecule has 2 atom stereocenters. The van der Waals surface area contributed by atoms with Gasteiger partial charge >= 0.3 is 6.09 Å². The van der Waals surface area contributed by atoms with Crippen LogP contribution in [0, 0.1) is 6.92 Å². The minimum Gasteiger partial charge on any atom is -0.507 e. The number of phenolic OH excluding ortho intramolecular Hbond substituents is 1. The molecule has 10 heteroatoms. The Kier molecular flexibility index (Phi) is 10.3. The highest BCUT2D eigenvalue weighted by molar-refractivity contribution is 5.93. The molecule has 2 unspecified atom stereocenters. The first-order valence-corrected chi connectivity index (χ1v) is 11.3. The molecule has 0 spiro atoms. The average molecular weight is 479 g/mol. The molecular weight excluding hydrogens is 440 g/mol. The van der Waals surface area contributed by atoms with Crippen LogP contribution in [0.3, 0.4) is 0 Å². The molecule has 0 saturated heterocycles. The lowest BCUT2D eigenvalue weighted by atomic mass is 9.98. The number of para-hydroxylation sites is 1. The summed E-state index contributed by atoms with van der Waals surface area (Å²) >= 11 is 0. The number of primary amides is 1. The summed E-state index contributed by atoms with van der Waals surface area (Å²) in [7, 11) is 0. The second-order valence-electron chi connectivity index (χ2n) is 9.41. The fourth-order valence-corrected chi connectivity index (χ4v) is 3.38. The Morgan fingerprint density at radius 1 is 1.15 bits per heavy atom. The molecule has 1 aromatic carbocycles. The quantitative estimate of drug-likeness (QED) is 0.405. The molecule has 34 heavy (non-hydrogen) atoms. The van der Waals surface area contributed by atoms with Gasteiger partial charge in [0.05, 0.1) is 0 Å². The van der Waals surface area contributed by atoms with E-state index in [-0.39, 0.29) is 36.7 Å². The molecule has 4 amide bonds. The van der Waals surface area contributed by atoms with Crippen molar-refractivity contribution in [2.24, 2.45) is 5.73 Å². The van der Waals surface area contributed by atoms with Crippen molar-refractivity contribution in [1.82, 2.24) is 15.5 Å². The van der Waals surface area contributed by atoms with Crippen LogP contribution >= 0.6 is 0 Å². The summed E-state index contributed by atoms with van der Waals surface area (Å²) in [5, 5.41) is 16.0. The molecule has 1 aromatic rings. The molecule has 1 rings (SSSR count). The Labute approximate surface area is 201 Å². The maximum atomic E-state index is 13.6. The van der Waals surface area contributed by atoms with E-state index in [1.807, 2.05) is 0 Å². The van der Waals surface area contributed by atoms with Crippen molar-refractivity contribution >= 4 is 23.8 Å². The van der Waals surface area contributed by atoms with Crippen molar-refractivity contribution < 1.29 is 29.0 Å². The first-order chi connectivity index (χ1) is 15.7. The van der Waals surface area contributed by atoms with E-state index in [0.717, 1.165) is 0 Å². The maximum Gasteiger partial charge on any atom is 0.408 e. The number of nitrogens with zero attached hydrogens (tertiary/aromatic N) is 1. The van der Waals surface area contributed by atoms with Gasteiger partial charge in [-0.2, -0.15) is 0 Å². The number of phenols is 1. The van der Waals surface area contributed by atoms with E-state index in [9.17, 15) is 24.3 Å². The normalized spacial score (nSPS) is 13.1. The van der Waals surface area contributed by atoms with Crippen LogP contribution in [0.5, 0.6) is 5.75 Å².